The standard InChI is InChI=1S/C18H19FN4OS/c1-3-12-9-16(24)23-17(20-12)25-18(21-23)22-10-11(2)8-15(22)13-6-4-5-7-14(13)19/h4-7,9,11,15H,3,8,10H2,1-2H3. The van der Waals surface area contributed by atoms with E-state index in [1.54, 1.807) is 6.07 Å². The molecule has 0 radical (unpaired) electrons. The molecule has 1 aliphatic heterocycles. The molecule has 3 aromatic rings. The largest absolute Gasteiger partial charge is 0.339 e. The van der Waals surface area contributed by atoms with Crippen LogP contribution in [-0.2, 0) is 6.42 Å². The lowest BCUT2D eigenvalue weighted by Gasteiger charge is -2.24. The van der Waals surface area contributed by atoms with Gasteiger partial charge in [-0.1, -0.05) is 43.4 Å². The van der Waals surface area contributed by atoms with Gasteiger partial charge >= 0.3 is 0 Å². The van der Waals surface area contributed by atoms with Crippen LogP contribution in [0.1, 0.15) is 37.6 Å². The number of aromatic nitrogens is 3. The number of nitrogens with zero attached hydrogens (tertiary/aromatic N) is 4. The van der Waals surface area contributed by atoms with Crippen LogP contribution in [0.25, 0.3) is 4.96 Å². The van der Waals surface area contributed by atoms with Crippen molar-refractivity contribution in [1.82, 2.24) is 14.6 Å². The van der Waals surface area contributed by atoms with Gasteiger partial charge in [0.2, 0.25) is 10.1 Å². The normalized spacial score (nSPS) is 20.5. The Balaban J connectivity index is 1.79. The summed E-state index contributed by atoms with van der Waals surface area (Å²) < 4.78 is 15.7. The second-order valence-corrected chi connectivity index (χ2v) is 7.48. The van der Waals surface area contributed by atoms with Crippen LogP contribution in [-0.4, -0.2) is 21.1 Å². The molecule has 25 heavy (non-hydrogen) atoms. The lowest BCUT2D eigenvalue weighted by molar-refractivity contribution is 0.563. The molecule has 0 saturated carbocycles. The summed E-state index contributed by atoms with van der Waals surface area (Å²) in [5.74, 6) is 0.226. The minimum atomic E-state index is -0.198. The van der Waals surface area contributed by atoms with Gasteiger partial charge in [0.05, 0.1) is 6.04 Å². The van der Waals surface area contributed by atoms with Gasteiger partial charge in [-0.05, 0) is 24.8 Å². The van der Waals surface area contributed by atoms with Crippen molar-refractivity contribution < 1.29 is 4.39 Å². The van der Waals surface area contributed by atoms with Crippen molar-refractivity contribution in [3.63, 3.8) is 0 Å². The van der Waals surface area contributed by atoms with Gasteiger partial charge in [0.15, 0.2) is 0 Å². The van der Waals surface area contributed by atoms with Crippen molar-refractivity contribution in [2.24, 2.45) is 5.92 Å². The predicted octanol–water partition coefficient (Wildman–Crippen LogP) is 3.44. The Morgan fingerprint density at radius 1 is 1.36 bits per heavy atom. The third-order valence-electron chi connectivity index (χ3n) is 4.67. The van der Waals surface area contributed by atoms with Crippen LogP contribution in [0, 0.1) is 11.7 Å². The molecule has 1 saturated heterocycles. The van der Waals surface area contributed by atoms with E-state index >= 15 is 0 Å². The highest BCUT2D eigenvalue weighted by Gasteiger charge is 2.34. The van der Waals surface area contributed by atoms with E-state index in [0.29, 0.717) is 22.9 Å². The Kier molecular flexibility index (Phi) is 4.03. The molecule has 2 unspecified atom stereocenters. The SMILES string of the molecule is CCc1cc(=O)n2nc(N3CC(C)CC3c3ccccc3F)sc2n1. The number of rotatable bonds is 3. The molecule has 0 spiro atoms. The van der Waals surface area contributed by atoms with Crippen LogP contribution >= 0.6 is 11.3 Å². The van der Waals surface area contributed by atoms with Crippen LogP contribution in [0.2, 0.25) is 0 Å². The third-order valence-corrected chi connectivity index (χ3v) is 5.62. The second kappa shape index (κ2) is 6.22. The quantitative estimate of drug-likeness (QED) is 0.720. The Morgan fingerprint density at radius 2 is 2.16 bits per heavy atom. The molecule has 0 N–H and O–H groups in total. The topological polar surface area (TPSA) is 50.5 Å². The Labute approximate surface area is 148 Å². The maximum atomic E-state index is 14.3. The molecule has 3 heterocycles. The Morgan fingerprint density at radius 3 is 2.92 bits per heavy atom. The molecule has 0 aliphatic carbocycles. The maximum Gasteiger partial charge on any atom is 0.275 e. The van der Waals surface area contributed by atoms with Gasteiger partial charge in [-0.25, -0.2) is 9.37 Å². The van der Waals surface area contributed by atoms with E-state index in [-0.39, 0.29) is 17.4 Å². The first-order valence-corrected chi connectivity index (χ1v) is 9.29. The van der Waals surface area contributed by atoms with Gasteiger partial charge in [-0.3, -0.25) is 4.79 Å². The van der Waals surface area contributed by atoms with Crippen molar-refractivity contribution in [2.45, 2.75) is 32.7 Å². The van der Waals surface area contributed by atoms with E-state index in [2.05, 4.69) is 21.9 Å². The molecule has 130 valence electrons. The summed E-state index contributed by atoms with van der Waals surface area (Å²) in [4.78, 5) is 19.4. The fraction of sp³-hybridized carbons (Fsp3) is 0.389. The summed E-state index contributed by atoms with van der Waals surface area (Å²) in [6.07, 6.45) is 1.57. The fourth-order valence-corrected chi connectivity index (χ4v) is 4.43. The van der Waals surface area contributed by atoms with E-state index in [0.717, 1.165) is 23.8 Å². The average Bonchev–Trinajstić information content (AvgIpc) is 3.18. The van der Waals surface area contributed by atoms with Crippen LogP contribution in [0.3, 0.4) is 0 Å². The Bertz CT molecular complexity index is 983. The van der Waals surface area contributed by atoms with Crippen LogP contribution in [0.15, 0.2) is 35.1 Å². The first kappa shape index (κ1) is 16.2. The smallest absolute Gasteiger partial charge is 0.275 e. The number of hydrogen-bond acceptors (Lipinski definition) is 5. The maximum absolute atomic E-state index is 14.3. The average molecular weight is 358 g/mol. The van der Waals surface area contributed by atoms with Crippen LogP contribution in [0.4, 0.5) is 9.52 Å². The number of aryl methyl sites for hydroxylation is 1. The number of benzene rings is 1. The summed E-state index contributed by atoms with van der Waals surface area (Å²) in [5.41, 5.74) is 1.28. The zero-order valence-electron chi connectivity index (χ0n) is 14.1. The number of hydrogen-bond donors (Lipinski definition) is 0. The minimum Gasteiger partial charge on any atom is -0.339 e. The first-order chi connectivity index (χ1) is 12.1. The second-order valence-electron chi connectivity index (χ2n) is 6.55. The van der Waals surface area contributed by atoms with Gasteiger partial charge in [0.1, 0.15) is 5.82 Å². The highest BCUT2D eigenvalue weighted by molar-refractivity contribution is 7.20. The van der Waals surface area contributed by atoms with Gasteiger partial charge in [0, 0.05) is 23.9 Å². The number of fused-ring (bicyclic) bond motifs is 1. The van der Waals surface area contributed by atoms with Gasteiger partial charge in [0.25, 0.3) is 5.56 Å². The highest BCUT2D eigenvalue weighted by Crippen LogP contribution is 2.40. The molecule has 1 fully saturated rings. The lowest BCUT2D eigenvalue weighted by atomic mass is 10.0. The molecular formula is C18H19FN4OS. The van der Waals surface area contributed by atoms with E-state index in [9.17, 15) is 9.18 Å². The van der Waals surface area contributed by atoms with Crippen molar-refractivity contribution in [3.05, 3.63) is 57.8 Å². The van der Waals surface area contributed by atoms with Crippen molar-refractivity contribution in [3.8, 4) is 0 Å². The minimum absolute atomic E-state index is 0.0712. The van der Waals surface area contributed by atoms with Crippen LogP contribution in [0.5, 0.6) is 0 Å². The van der Waals surface area contributed by atoms with Crippen molar-refractivity contribution in [2.75, 3.05) is 11.4 Å². The van der Waals surface area contributed by atoms with E-state index in [1.165, 1.54) is 28.0 Å². The van der Waals surface area contributed by atoms with Gasteiger partial charge in [-0.15, -0.1) is 5.10 Å². The molecule has 2 atom stereocenters. The summed E-state index contributed by atoms with van der Waals surface area (Å²) >= 11 is 1.39. The molecule has 0 amide bonds. The molecule has 1 aliphatic rings. The number of anilines is 1. The van der Waals surface area contributed by atoms with Crippen LogP contribution < -0.4 is 10.5 Å². The summed E-state index contributed by atoms with van der Waals surface area (Å²) in [7, 11) is 0. The molecular weight excluding hydrogens is 339 g/mol. The van der Waals surface area contributed by atoms with Crippen molar-refractivity contribution >= 4 is 21.4 Å². The first-order valence-electron chi connectivity index (χ1n) is 8.47. The third kappa shape index (κ3) is 2.82. The molecule has 7 heteroatoms. The fourth-order valence-electron chi connectivity index (χ4n) is 3.44. The summed E-state index contributed by atoms with van der Waals surface area (Å²) in [5, 5.41) is 5.19. The lowest BCUT2D eigenvalue weighted by Crippen LogP contribution is -2.24. The highest BCUT2D eigenvalue weighted by atomic mass is 32.1. The van der Waals surface area contributed by atoms with E-state index in [4.69, 9.17) is 0 Å². The molecule has 5 nitrogen and oxygen atoms in total. The molecule has 1 aromatic carbocycles. The van der Waals surface area contributed by atoms with Gasteiger partial charge < -0.3 is 4.90 Å². The van der Waals surface area contributed by atoms with Gasteiger partial charge in [-0.2, -0.15) is 4.52 Å². The van der Waals surface area contributed by atoms with E-state index in [1.807, 2.05) is 19.1 Å². The zero-order chi connectivity index (χ0) is 17.6. The van der Waals surface area contributed by atoms with E-state index < -0.39 is 0 Å². The summed E-state index contributed by atoms with van der Waals surface area (Å²) in [6, 6.07) is 8.34. The number of halogens is 1. The monoisotopic (exact) mass is 358 g/mol. The predicted molar refractivity (Wildman–Crippen MR) is 96.8 cm³/mol. The summed E-state index contributed by atoms with van der Waals surface area (Å²) in [6.45, 7) is 4.91. The zero-order valence-corrected chi connectivity index (χ0v) is 15.0. The molecule has 4 rings (SSSR count). The molecule has 2 aromatic heterocycles. The van der Waals surface area contributed by atoms with Crippen molar-refractivity contribution in [1.29, 1.82) is 0 Å². The molecule has 0 bridgehead atoms. The Hall–Kier alpha value is -2.28.